The molecule has 10 heavy (non-hydrogen) atoms. The second-order valence-corrected chi connectivity index (χ2v) is 2.12. The van der Waals surface area contributed by atoms with Gasteiger partial charge < -0.3 is 0 Å². The third kappa shape index (κ3) is 1.43. The second-order valence-electron chi connectivity index (χ2n) is 2.12. The molecule has 1 aliphatic rings. The Balaban J connectivity index is 2.47. The molecule has 0 aromatic rings. The number of rotatable bonds is 2. The summed E-state index contributed by atoms with van der Waals surface area (Å²) in [5.74, 6) is 0.109. The lowest BCUT2D eigenvalue weighted by atomic mass is 10.4. The van der Waals surface area contributed by atoms with Crippen molar-refractivity contribution in [3.05, 3.63) is 12.7 Å². The van der Waals surface area contributed by atoms with Gasteiger partial charge in [-0.25, -0.2) is 5.01 Å². The Hall–Kier alpha value is -1.12. The summed E-state index contributed by atoms with van der Waals surface area (Å²) in [6.45, 7) is 4.21. The van der Waals surface area contributed by atoms with Crippen LogP contribution in [0.2, 0.25) is 0 Å². The van der Waals surface area contributed by atoms with Crippen LogP contribution in [0, 0.1) is 0 Å². The van der Waals surface area contributed by atoms with Gasteiger partial charge in [0.1, 0.15) is 0 Å². The Morgan fingerprint density at radius 1 is 1.70 bits per heavy atom. The number of hydrazone groups is 1. The molecule has 0 N–H and O–H groups in total. The van der Waals surface area contributed by atoms with Crippen LogP contribution in [-0.4, -0.2) is 23.7 Å². The summed E-state index contributed by atoms with van der Waals surface area (Å²) in [6.07, 6.45) is 4.65. The van der Waals surface area contributed by atoms with Gasteiger partial charge in [-0.3, -0.25) is 4.79 Å². The number of amides is 1. The monoisotopic (exact) mass is 138 g/mol. The first kappa shape index (κ1) is 6.99. The molecule has 1 rings (SSSR count). The molecule has 1 amide bonds. The van der Waals surface area contributed by atoms with E-state index >= 15 is 0 Å². The summed E-state index contributed by atoms with van der Waals surface area (Å²) in [5.41, 5.74) is 0. The normalized spacial score (nSPS) is 18.8. The van der Waals surface area contributed by atoms with E-state index in [9.17, 15) is 4.79 Å². The molecular formula is C7H10N2O. The molecule has 3 nitrogen and oxygen atoms in total. The average Bonchev–Trinajstić information content (AvgIpc) is 2.31. The van der Waals surface area contributed by atoms with E-state index in [0.29, 0.717) is 6.42 Å². The van der Waals surface area contributed by atoms with E-state index in [0.717, 1.165) is 13.0 Å². The van der Waals surface area contributed by atoms with Crippen molar-refractivity contribution in [3.63, 3.8) is 0 Å². The SMILES string of the molecule is C=CC=NN1CCCC1=O. The van der Waals surface area contributed by atoms with Crippen LogP contribution in [0.25, 0.3) is 0 Å². The van der Waals surface area contributed by atoms with Crippen LogP contribution in [0.1, 0.15) is 12.8 Å². The smallest absolute Gasteiger partial charge is 0.242 e. The van der Waals surface area contributed by atoms with Crippen LogP contribution in [0.3, 0.4) is 0 Å². The first-order valence-electron chi connectivity index (χ1n) is 3.30. The second kappa shape index (κ2) is 3.15. The van der Waals surface area contributed by atoms with Crippen molar-refractivity contribution in [2.75, 3.05) is 6.54 Å². The van der Waals surface area contributed by atoms with Crippen LogP contribution in [-0.2, 0) is 4.79 Å². The molecule has 0 unspecified atom stereocenters. The standard InChI is InChI=1S/C7H10N2O/c1-2-5-8-9-6-3-4-7(9)10/h2,5H,1,3-4,6H2. The fourth-order valence-electron chi connectivity index (χ4n) is 0.884. The average molecular weight is 138 g/mol. The van der Waals surface area contributed by atoms with Gasteiger partial charge in [0.15, 0.2) is 0 Å². The molecule has 0 aromatic heterocycles. The Labute approximate surface area is 60.0 Å². The predicted octanol–water partition coefficient (Wildman–Crippen LogP) is 0.781. The number of allylic oxidation sites excluding steroid dienone is 1. The van der Waals surface area contributed by atoms with Crippen molar-refractivity contribution in [2.24, 2.45) is 5.10 Å². The molecule has 1 heterocycles. The lowest BCUT2D eigenvalue weighted by Gasteiger charge is -2.05. The fraction of sp³-hybridized carbons (Fsp3) is 0.429. The van der Waals surface area contributed by atoms with E-state index in [1.807, 2.05) is 0 Å². The molecule has 0 atom stereocenters. The zero-order chi connectivity index (χ0) is 7.40. The van der Waals surface area contributed by atoms with E-state index in [2.05, 4.69) is 11.7 Å². The van der Waals surface area contributed by atoms with Gasteiger partial charge in [-0.1, -0.05) is 6.58 Å². The van der Waals surface area contributed by atoms with Gasteiger partial charge in [-0.2, -0.15) is 5.10 Å². The molecule has 0 aliphatic carbocycles. The van der Waals surface area contributed by atoms with Gasteiger partial charge in [0.25, 0.3) is 0 Å². The van der Waals surface area contributed by atoms with Crippen molar-refractivity contribution < 1.29 is 4.79 Å². The fourth-order valence-corrected chi connectivity index (χ4v) is 0.884. The summed E-state index contributed by atoms with van der Waals surface area (Å²) in [6, 6.07) is 0. The quantitative estimate of drug-likeness (QED) is 0.519. The number of carbonyl (C=O) groups excluding carboxylic acids is 1. The highest BCUT2D eigenvalue weighted by Crippen LogP contribution is 2.08. The molecule has 0 spiro atoms. The van der Waals surface area contributed by atoms with E-state index in [1.165, 1.54) is 11.2 Å². The highest BCUT2D eigenvalue weighted by atomic mass is 16.2. The lowest BCUT2D eigenvalue weighted by Crippen LogP contribution is -2.17. The minimum atomic E-state index is 0.109. The van der Waals surface area contributed by atoms with Gasteiger partial charge in [0.05, 0.1) is 0 Å². The maximum atomic E-state index is 10.9. The molecule has 3 heteroatoms. The van der Waals surface area contributed by atoms with Crippen molar-refractivity contribution in [1.29, 1.82) is 0 Å². The third-order valence-corrected chi connectivity index (χ3v) is 1.36. The minimum Gasteiger partial charge on any atom is -0.273 e. The van der Waals surface area contributed by atoms with E-state index in [1.54, 1.807) is 6.08 Å². The Morgan fingerprint density at radius 2 is 2.50 bits per heavy atom. The zero-order valence-electron chi connectivity index (χ0n) is 5.79. The van der Waals surface area contributed by atoms with Crippen molar-refractivity contribution in [1.82, 2.24) is 5.01 Å². The molecule has 0 bridgehead atoms. The number of carbonyl (C=O) groups is 1. The maximum Gasteiger partial charge on any atom is 0.242 e. The molecular weight excluding hydrogens is 128 g/mol. The molecule has 0 saturated carbocycles. The molecule has 1 aliphatic heterocycles. The van der Waals surface area contributed by atoms with Gasteiger partial charge in [0, 0.05) is 19.2 Å². The van der Waals surface area contributed by atoms with Crippen LogP contribution >= 0.6 is 0 Å². The van der Waals surface area contributed by atoms with Gasteiger partial charge in [-0.05, 0) is 12.5 Å². The molecule has 0 radical (unpaired) electrons. The highest BCUT2D eigenvalue weighted by molar-refractivity contribution is 5.80. The van der Waals surface area contributed by atoms with Crippen molar-refractivity contribution >= 4 is 12.1 Å². The lowest BCUT2D eigenvalue weighted by molar-refractivity contribution is -0.127. The predicted molar refractivity (Wildman–Crippen MR) is 39.6 cm³/mol. The van der Waals surface area contributed by atoms with Crippen LogP contribution in [0.4, 0.5) is 0 Å². The Kier molecular flexibility index (Phi) is 2.20. The number of hydrogen-bond acceptors (Lipinski definition) is 2. The summed E-state index contributed by atoms with van der Waals surface area (Å²) in [5, 5.41) is 5.34. The van der Waals surface area contributed by atoms with Crippen molar-refractivity contribution in [2.45, 2.75) is 12.8 Å². The largest absolute Gasteiger partial charge is 0.273 e. The number of nitrogens with zero attached hydrogens (tertiary/aromatic N) is 2. The molecule has 1 fully saturated rings. The van der Waals surface area contributed by atoms with E-state index < -0.39 is 0 Å². The first-order chi connectivity index (χ1) is 4.84. The third-order valence-electron chi connectivity index (χ3n) is 1.36. The Bertz CT molecular complexity index is 174. The summed E-state index contributed by atoms with van der Waals surface area (Å²) >= 11 is 0. The minimum absolute atomic E-state index is 0.109. The number of hydrogen-bond donors (Lipinski definition) is 0. The van der Waals surface area contributed by atoms with E-state index in [-0.39, 0.29) is 5.91 Å². The van der Waals surface area contributed by atoms with Crippen LogP contribution in [0.15, 0.2) is 17.8 Å². The summed E-state index contributed by atoms with van der Waals surface area (Å²) in [4.78, 5) is 10.9. The van der Waals surface area contributed by atoms with Crippen LogP contribution < -0.4 is 0 Å². The van der Waals surface area contributed by atoms with Gasteiger partial charge in [0.2, 0.25) is 5.91 Å². The van der Waals surface area contributed by atoms with Crippen molar-refractivity contribution in [3.8, 4) is 0 Å². The van der Waals surface area contributed by atoms with Crippen LogP contribution in [0.5, 0.6) is 0 Å². The molecule has 54 valence electrons. The molecule has 0 aromatic carbocycles. The zero-order valence-corrected chi connectivity index (χ0v) is 5.79. The van der Waals surface area contributed by atoms with E-state index in [4.69, 9.17) is 0 Å². The molecule has 1 saturated heterocycles. The Morgan fingerprint density at radius 3 is 3.00 bits per heavy atom. The highest BCUT2D eigenvalue weighted by Gasteiger charge is 2.18. The maximum absolute atomic E-state index is 10.9. The van der Waals surface area contributed by atoms with Gasteiger partial charge >= 0.3 is 0 Å². The summed E-state index contributed by atoms with van der Waals surface area (Å²) in [7, 11) is 0. The summed E-state index contributed by atoms with van der Waals surface area (Å²) < 4.78 is 0. The van der Waals surface area contributed by atoms with Gasteiger partial charge in [-0.15, -0.1) is 0 Å². The topological polar surface area (TPSA) is 32.7 Å². The first-order valence-corrected chi connectivity index (χ1v) is 3.30.